The van der Waals surface area contributed by atoms with Crippen LogP contribution >= 0.6 is 11.6 Å². The molecule has 0 aliphatic rings. The highest BCUT2D eigenvalue weighted by molar-refractivity contribution is 6.30. The fourth-order valence-electron chi connectivity index (χ4n) is 1.07. The highest BCUT2D eigenvalue weighted by Gasteiger charge is 2.17. The van der Waals surface area contributed by atoms with Crippen LogP contribution in [-0.2, 0) is 0 Å². The van der Waals surface area contributed by atoms with E-state index in [0.717, 1.165) is 0 Å². The number of aromatic carboxylic acids is 1. The SMILES string of the molecule is C=C[C@@H](N)c1c(C(=O)O)ccnc1Cl. The summed E-state index contributed by atoms with van der Waals surface area (Å²) in [5, 5.41) is 8.95. The van der Waals surface area contributed by atoms with Crippen molar-refractivity contribution in [1.29, 1.82) is 0 Å². The van der Waals surface area contributed by atoms with Crippen molar-refractivity contribution in [1.82, 2.24) is 4.98 Å². The van der Waals surface area contributed by atoms with Crippen LogP contribution in [0.25, 0.3) is 0 Å². The first-order valence-corrected chi connectivity index (χ1v) is 4.21. The number of hydrogen-bond donors (Lipinski definition) is 2. The maximum atomic E-state index is 10.8. The van der Waals surface area contributed by atoms with Crippen molar-refractivity contribution in [3.63, 3.8) is 0 Å². The molecule has 0 aliphatic carbocycles. The highest BCUT2D eigenvalue weighted by Crippen LogP contribution is 2.23. The van der Waals surface area contributed by atoms with Gasteiger partial charge in [-0.2, -0.15) is 0 Å². The number of nitrogens with two attached hydrogens (primary N) is 1. The second-order valence-corrected chi connectivity index (χ2v) is 2.99. The van der Waals surface area contributed by atoms with Gasteiger partial charge in [0.2, 0.25) is 0 Å². The molecule has 1 atom stereocenters. The summed E-state index contributed by atoms with van der Waals surface area (Å²) in [6, 6.07) is 0.731. The van der Waals surface area contributed by atoms with E-state index in [0.29, 0.717) is 0 Å². The van der Waals surface area contributed by atoms with Crippen molar-refractivity contribution in [2.75, 3.05) is 0 Å². The van der Waals surface area contributed by atoms with Crippen LogP contribution in [0.4, 0.5) is 0 Å². The lowest BCUT2D eigenvalue weighted by molar-refractivity contribution is 0.0695. The van der Waals surface area contributed by atoms with Gasteiger partial charge in [-0.1, -0.05) is 17.7 Å². The average Bonchev–Trinajstić information content (AvgIpc) is 2.16. The lowest BCUT2D eigenvalue weighted by Gasteiger charge is -2.11. The predicted octanol–water partition coefficient (Wildman–Crippen LogP) is 1.62. The number of carboxylic acid groups (broad SMARTS) is 1. The molecule has 0 fully saturated rings. The van der Waals surface area contributed by atoms with E-state index in [9.17, 15) is 4.79 Å². The first-order chi connectivity index (χ1) is 6.57. The van der Waals surface area contributed by atoms with E-state index in [2.05, 4.69) is 11.6 Å². The average molecular weight is 213 g/mol. The van der Waals surface area contributed by atoms with Gasteiger partial charge in [0.25, 0.3) is 0 Å². The van der Waals surface area contributed by atoms with Gasteiger partial charge < -0.3 is 10.8 Å². The van der Waals surface area contributed by atoms with Gasteiger partial charge in [0.05, 0.1) is 11.6 Å². The number of aromatic nitrogens is 1. The van der Waals surface area contributed by atoms with Gasteiger partial charge >= 0.3 is 5.97 Å². The molecule has 4 nitrogen and oxygen atoms in total. The zero-order valence-electron chi connectivity index (χ0n) is 7.27. The molecule has 0 aromatic carbocycles. The van der Waals surface area contributed by atoms with Crippen LogP contribution in [0.3, 0.4) is 0 Å². The van der Waals surface area contributed by atoms with Crippen molar-refractivity contribution >= 4 is 17.6 Å². The minimum atomic E-state index is -1.08. The molecule has 0 aliphatic heterocycles. The molecule has 1 rings (SSSR count). The molecule has 1 heterocycles. The van der Waals surface area contributed by atoms with Crippen molar-refractivity contribution < 1.29 is 9.90 Å². The molecule has 0 amide bonds. The van der Waals surface area contributed by atoms with E-state index < -0.39 is 12.0 Å². The standard InChI is InChI=1S/C9H9ClN2O2/c1-2-6(11)7-5(9(13)14)3-4-12-8(7)10/h2-4,6H,1,11H2,(H,13,14)/t6-/m1/s1. The number of rotatable bonds is 3. The maximum absolute atomic E-state index is 10.8. The van der Waals surface area contributed by atoms with E-state index >= 15 is 0 Å². The van der Waals surface area contributed by atoms with Crippen LogP contribution in [0.1, 0.15) is 22.0 Å². The Balaban J connectivity index is 3.36. The number of carboxylic acids is 1. The lowest BCUT2D eigenvalue weighted by atomic mass is 10.0. The zero-order valence-corrected chi connectivity index (χ0v) is 8.03. The summed E-state index contributed by atoms with van der Waals surface area (Å²) < 4.78 is 0. The number of hydrogen-bond acceptors (Lipinski definition) is 3. The monoisotopic (exact) mass is 212 g/mol. The Bertz CT molecular complexity index is 379. The van der Waals surface area contributed by atoms with E-state index in [1.807, 2.05) is 0 Å². The zero-order chi connectivity index (χ0) is 10.7. The Morgan fingerprint density at radius 3 is 2.93 bits per heavy atom. The molecule has 1 aromatic rings. The topological polar surface area (TPSA) is 76.2 Å². The normalized spacial score (nSPS) is 12.1. The third-order valence-corrected chi connectivity index (χ3v) is 2.06. The summed E-state index contributed by atoms with van der Waals surface area (Å²) >= 11 is 5.74. The van der Waals surface area contributed by atoms with Gasteiger partial charge in [-0.15, -0.1) is 6.58 Å². The fourth-order valence-corrected chi connectivity index (χ4v) is 1.35. The molecular weight excluding hydrogens is 204 g/mol. The first kappa shape index (κ1) is 10.7. The Morgan fingerprint density at radius 1 is 1.79 bits per heavy atom. The quantitative estimate of drug-likeness (QED) is 0.590. The smallest absolute Gasteiger partial charge is 0.336 e. The number of carbonyl (C=O) groups is 1. The van der Waals surface area contributed by atoms with Crippen molar-refractivity contribution in [3.05, 3.63) is 41.2 Å². The van der Waals surface area contributed by atoms with Crippen molar-refractivity contribution in [2.45, 2.75) is 6.04 Å². The molecule has 0 saturated carbocycles. The summed E-state index contributed by atoms with van der Waals surface area (Å²) in [6.07, 6.45) is 2.74. The molecular formula is C9H9ClN2O2. The molecule has 0 bridgehead atoms. The van der Waals surface area contributed by atoms with Gasteiger partial charge in [-0.05, 0) is 6.07 Å². The van der Waals surface area contributed by atoms with Crippen molar-refractivity contribution in [3.8, 4) is 0 Å². The highest BCUT2D eigenvalue weighted by atomic mass is 35.5. The minimum Gasteiger partial charge on any atom is -0.478 e. The Hall–Kier alpha value is -1.39. The molecule has 14 heavy (non-hydrogen) atoms. The van der Waals surface area contributed by atoms with E-state index in [4.69, 9.17) is 22.4 Å². The Morgan fingerprint density at radius 2 is 2.43 bits per heavy atom. The first-order valence-electron chi connectivity index (χ1n) is 3.83. The van der Waals surface area contributed by atoms with Crippen LogP contribution in [-0.4, -0.2) is 16.1 Å². The fraction of sp³-hybridized carbons (Fsp3) is 0.111. The Labute approximate surface area is 86.0 Å². The molecule has 0 spiro atoms. The second kappa shape index (κ2) is 4.21. The third-order valence-electron chi connectivity index (χ3n) is 1.76. The van der Waals surface area contributed by atoms with Crippen LogP contribution < -0.4 is 5.73 Å². The van der Waals surface area contributed by atoms with Crippen LogP contribution in [0, 0.1) is 0 Å². The number of nitrogens with zero attached hydrogens (tertiary/aromatic N) is 1. The van der Waals surface area contributed by atoms with E-state index in [1.165, 1.54) is 18.3 Å². The van der Waals surface area contributed by atoms with Crippen LogP contribution in [0.15, 0.2) is 24.9 Å². The molecule has 0 saturated heterocycles. The van der Waals surface area contributed by atoms with Crippen LogP contribution in [0.5, 0.6) is 0 Å². The summed E-state index contributed by atoms with van der Waals surface area (Å²) in [5.74, 6) is -1.08. The molecule has 1 aromatic heterocycles. The largest absolute Gasteiger partial charge is 0.478 e. The molecule has 0 radical (unpaired) electrons. The summed E-state index contributed by atoms with van der Waals surface area (Å²) in [5.41, 5.74) is 5.97. The molecule has 5 heteroatoms. The van der Waals surface area contributed by atoms with Gasteiger partial charge in [-0.25, -0.2) is 9.78 Å². The number of pyridine rings is 1. The summed E-state index contributed by atoms with van der Waals surface area (Å²) in [7, 11) is 0. The number of halogens is 1. The van der Waals surface area contributed by atoms with Crippen LogP contribution in [0.2, 0.25) is 5.15 Å². The van der Waals surface area contributed by atoms with Gasteiger partial charge in [-0.3, -0.25) is 0 Å². The van der Waals surface area contributed by atoms with E-state index in [1.54, 1.807) is 0 Å². The van der Waals surface area contributed by atoms with E-state index in [-0.39, 0.29) is 16.3 Å². The van der Waals surface area contributed by atoms with Gasteiger partial charge in [0, 0.05) is 11.8 Å². The maximum Gasteiger partial charge on any atom is 0.336 e. The second-order valence-electron chi connectivity index (χ2n) is 2.63. The minimum absolute atomic E-state index is 0.0531. The molecule has 74 valence electrons. The predicted molar refractivity (Wildman–Crippen MR) is 53.3 cm³/mol. The Kier molecular flexibility index (Phi) is 3.22. The summed E-state index contributed by atoms with van der Waals surface area (Å²) in [6.45, 7) is 3.47. The molecule has 0 unspecified atom stereocenters. The van der Waals surface area contributed by atoms with Crippen molar-refractivity contribution in [2.24, 2.45) is 5.73 Å². The third kappa shape index (κ3) is 1.92. The lowest BCUT2D eigenvalue weighted by Crippen LogP contribution is -2.14. The van der Waals surface area contributed by atoms with Gasteiger partial charge in [0.1, 0.15) is 5.15 Å². The molecule has 3 N–H and O–H groups in total. The summed E-state index contributed by atoms with van der Waals surface area (Å²) in [4.78, 5) is 14.6. The van der Waals surface area contributed by atoms with Gasteiger partial charge in [0.15, 0.2) is 0 Å².